The van der Waals surface area contributed by atoms with Gasteiger partial charge >= 0.3 is 0 Å². The first-order chi connectivity index (χ1) is 11.6. The second-order valence-electron chi connectivity index (χ2n) is 6.61. The molecule has 1 fully saturated rings. The second kappa shape index (κ2) is 7.58. The highest BCUT2D eigenvalue weighted by Gasteiger charge is 2.16. The third-order valence-corrected chi connectivity index (χ3v) is 4.49. The summed E-state index contributed by atoms with van der Waals surface area (Å²) in [6, 6.07) is 13.8. The molecule has 0 bridgehead atoms. The highest BCUT2D eigenvalue weighted by molar-refractivity contribution is 6.04. The molecule has 3 rings (SSSR count). The van der Waals surface area contributed by atoms with Gasteiger partial charge in [-0.05, 0) is 55.1 Å². The number of para-hydroxylation sites is 1. The number of amides is 1. The fraction of sp³-hybridized carbons (Fsp3) is 0.350. The molecule has 2 aromatic carbocycles. The molecule has 0 aliphatic carbocycles. The highest BCUT2D eigenvalue weighted by atomic mass is 19.1. The van der Waals surface area contributed by atoms with Crippen LogP contribution in [0.2, 0.25) is 0 Å². The lowest BCUT2D eigenvalue weighted by Gasteiger charge is -2.30. The first-order valence-corrected chi connectivity index (χ1v) is 8.49. The number of hydrogen-bond donors (Lipinski definition) is 1. The number of nitrogens with one attached hydrogen (secondary N) is 1. The third kappa shape index (κ3) is 4.20. The van der Waals surface area contributed by atoms with E-state index in [1.807, 2.05) is 12.1 Å². The lowest BCUT2D eigenvalue weighted by Crippen LogP contribution is -2.33. The van der Waals surface area contributed by atoms with E-state index < -0.39 is 5.82 Å². The molecule has 0 radical (unpaired) electrons. The minimum atomic E-state index is -0.429. The van der Waals surface area contributed by atoms with E-state index in [1.165, 1.54) is 24.5 Å². The van der Waals surface area contributed by atoms with Gasteiger partial charge in [0.15, 0.2) is 0 Å². The molecule has 0 saturated carbocycles. The van der Waals surface area contributed by atoms with Crippen molar-refractivity contribution in [1.29, 1.82) is 0 Å². The summed E-state index contributed by atoms with van der Waals surface area (Å²) in [7, 11) is 0. The van der Waals surface area contributed by atoms with Crippen LogP contribution in [0.4, 0.5) is 10.1 Å². The number of carbonyl (C=O) groups is 1. The second-order valence-corrected chi connectivity index (χ2v) is 6.61. The maximum absolute atomic E-state index is 13.6. The molecule has 1 aliphatic heterocycles. The maximum Gasteiger partial charge on any atom is 0.255 e. The summed E-state index contributed by atoms with van der Waals surface area (Å²) in [5, 5.41) is 2.61. The Kier molecular flexibility index (Phi) is 5.26. The minimum absolute atomic E-state index is 0.203. The molecular weight excluding hydrogens is 303 g/mol. The number of hydrogen-bond acceptors (Lipinski definition) is 2. The molecule has 1 amide bonds. The van der Waals surface area contributed by atoms with Crippen molar-refractivity contribution in [3.63, 3.8) is 0 Å². The molecule has 0 spiro atoms. The van der Waals surface area contributed by atoms with Gasteiger partial charge in [-0.15, -0.1) is 0 Å². The van der Waals surface area contributed by atoms with Gasteiger partial charge in [-0.2, -0.15) is 0 Å². The average Bonchev–Trinajstić information content (AvgIpc) is 2.57. The van der Waals surface area contributed by atoms with Crippen molar-refractivity contribution >= 4 is 11.6 Å². The Morgan fingerprint density at radius 1 is 1.21 bits per heavy atom. The molecule has 0 aromatic heterocycles. The van der Waals surface area contributed by atoms with Crippen molar-refractivity contribution in [2.45, 2.75) is 26.3 Å². The Labute approximate surface area is 142 Å². The van der Waals surface area contributed by atoms with Gasteiger partial charge in [0.1, 0.15) is 5.82 Å². The topological polar surface area (TPSA) is 32.3 Å². The molecule has 1 atom stereocenters. The van der Waals surface area contributed by atoms with E-state index in [0.717, 1.165) is 25.6 Å². The van der Waals surface area contributed by atoms with Gasteiger partial charge in [-0.3, -0.25) is 9.69 Å². The lowest BCUT2D eigenvalue weighted by atomic mass is 9.99. The van der Waals surface area contributed by atoms with Gasteiger partial charge in [0, 0.05) is 18.7 Å². The Balaban J connectivity index is 1.61. The van der Waals surface area contributed by atoms with Crippen molar-refractivity contribution in [3.8, 4) is 0 Å². The van der Waals surface area contributed by atoms with Gasteiger partial charge in [0.05, 0.1) is 5.69 Å². The predicted molar refractivity (Wildman–Crippen MR) is 94.5 cm³/mol. The molecular formula is C20H23FN2O. The Hall–Kier alpha value is -2.20. The van der Waals surface area contributed by atoms with Crippen LogP contribution < -0.4 is 5.32 Å². The number of likely N-dealkylation sites (tertiary alicyclic amines) is 1. The molecule has 3 nitrogen and oxygen atoms in total. The first-order valence-electron chi connectivity index (χ1n) is 8.49. The molecule has 126 valence electrons. The van der Waals surface area contributed by atoms with Crippen LogP contribution in [0, 0.1) is 11.7 Å². The fourth-order valence-corrected chi connectivity index (χ4v) is 3.21. The van der Waals surface area contributed by atoms with Crippen LogP contribution in [0.15, 0.2) is 48.5 Å². The van der Waals surface area contributed by atoms with E-state index >= 15 is 0 Å². The van der Waals surface area contributed by atoms with Crippen LogP contribution in [0.25, 0.3) is 0 Å². The van der Waals surface area contributed by atoms with Gasteiger partial charge in [-0.1, -0.05) is 31.2 Å². The number of piperidine rings is 1. The van der Waals surface area contributed by atoms with E-state index in [0.29, 0.717) is 5.56 Å². The van der Waals surface area contributed by atoms with Crippen LogP contribution in [-0.2, 0) is 6.54 Å². The molecule has 1 unspecified atom stereocenters. The number of anilines is 1. The van der Waals surface area contributed by atoms with Gasteiger partial charge in [0.2, 0.25) is 0 Å². The number of nitrogens with zero attached hydrogens (tertiary/aromatic N) is 1. The van der Waals surface area contributed by atoms with Crippen molar-refractivity contribution < 1.29 is 9.18 Å². The molecule has 24 heavy (non-hydrogen) atoms. The summed E-state index contributed by atoms with van der Waals surface area (Å²) in [4.78, 5) is 14.7. The van der Waals surface area contributed by atoms with E-state index in [9.17, 15) is 9.18 Å². The van der Waals surface area contributed by atoms with Crippen molar-refractivity contribution in [2.24, 2.45) is 5.92 Å². The number of benzene rings is 2. The molecule has 1 saturated heterocycles. The van der Waals surface area contributed by atoms with Crippen LogP contribution in [0.3, 0.4) is 0 Å². The van der Waals surface area contributed by atoms with E-state index in [-0.39, 0.29) is 11.6 Å². The van der Waals surface area contributed by atoms with Gasteiger partial charge in [-0.25, -0.2) is 4.39 Å². The van der Waals surface area contributed by atoms with Crippen LogP contribution in [-0.4, -0.2) is 23.9 Å². The monoisotopic (exact) mass is 326 g/mol. The smallest absolute Gasteiger partial charge is 0.255 e. The van der Waals surface area contributed by atoms with Crippen molar-refractivity contribution in [3.05, 3.63) is 65.5 Å². The molecule has 2 aromatic rings. The molecule has 1 heterocycles. The van der Waals surface area contributed by atoms with Gasteiger partial charge < -0.3 is 5.32 Å². The zero-order valence-electron chi connectivity index (χ0n) is 14.0. The normalized spacial score (nSPS) is 18.3. The zero-order valence-corrected chi connectivity index (χ0v) is 14.0. The molecule has 1 N–H and O–H groups in total. The standard InChI is InChI=1S/C20H23FN2O/c1-15-5-4-12-23(13-15)14-16-8-10-17(11-9-16)20(24)22-19-7-3-2-6-18(19)21/h2-3,6-11,15H,4-5,12-14H2,1H3,(H,22,24). The number of halogens is 1. The Morgan fingerprint density at radius 2 is 1.96 bits per heavy atom. The summed E-state index contributed by atoms with van der Waals surface area (Å²) in [6.07, 6.45) is 2.57. The summed E-state index contributed by atoms with van der Waals surface area (Å²) in [5.74, 6) is 0.0319. The van der Waals surface area contributed by atoms with Crippen LogP contribution >= 0.6 is 0 Å². The van der Waals surface area contributed by atoms with E-state index in [4.69, 9.17) is 0 Å². The third-order valence-electron chi connectivity index (χ3n) is 4.49. The van der Waals surface area contributed by atoms with E-state index in [2.05, 4.69) is 17.1 Å². The lowest BCUT2D eigenvalue weighted by molar-refractivity contribution is 0.102. The summed E-state index contributed by atoms with van der Waals surface area (Å²) >= 11 is 0. The number of carbonyl (C=O) groups excluding carboxylic acids is 1. The molecule has 4 heteroatoms. The summed E-state index contributed by atoms with van der Waals surface area (Å²) in [6.45, 7) is 5.48. The first kappa shape index (κ1) is 16.7. The van der Waals surface area contributed by atoms with Crippen molar-refractivity contribution in [2.75, 3.05) is 18.4 Å². The fourth-order valence-electron chi connectivity index (χ4n) is 3.21. The van der Waals surface area contributed by atoms with E-state index in [1.54, 1.807) is 30.3 Å². The predicted octanol–water partition coefficient (Wildman–Crippen LogP) is 4.31. The Bertz CT molecular complexity index is 699. The summed E-state index contributed by atoms with van der Waals surface area (Å²) in [5.41, 5.74) is 1.94. The summed E-state index contributed by atoms with van der Waals surface area (Å²) < 4.78 is 13.6. The van der Waals surface area contributed by atoms with Crippen molar-refractivity contribution in [1.82, 2.24) is 4.90 Å². The largest absolute Gasteiger partial charge is 0.319 e. The zero-order chi connectivity index (χ0) is 16.9. The van der Waals surface area contributed by atoms with Crippen LogP contribution in [0.5, 0.6) is 0 Å². The SMILES string of the molecule is CC1CCCN(Cc2ccc(C(=O)Nc3ccccc3F)cc2)C1. The quantitative estimate of drug-likeness (QED) is 0.908. The number of rotatable bonds is 4. The Morgan fingerprint density at radius 3 is 2.67 bits per heavy atom. The maximum atomic E-state index is 13.6. The van der Waals surface area contributed by atoms with Gasteiger partial charge in [0.25, 0.3) is 5.91 Å². The molecule has 1 aliphatic rings. The highest BCUT2D eigenvalue weighted by Crippen LogP contribution is 2.19. The minimum Gasteiger partial charge on any atom is -0.319 e. The van der Waals surface area contributed by atoms with Crippen LogP contribution in [0.1, 0.15) is 35.7 Å². The average molecular weight is 326 g/mol.